The van der Waals surface area contributed by atoms with Crippen LogP contribution in [0.15, 0.2) is 18.2 Å². The van der Waals surface area contributed by atoms with Crippen LogP contribution < -0.4 is 14.8 Å². The molecule has 0 unspecified atom stereocenters. The molecule has 0 saturated carbocycles. The molecular formula is C20H23NO5S. The van der Waals surface area contributed by atoms with Crippen molar-refractivity contribution < 1.29 is 23.8 Å². The fourth-order valence-electron chi connectivity index (χ4n) is 3.31. The SMILES string of the molecule is COC(=O)c1c(NC(=O)c2ccc(OC)c(OC)c2)sc2c1CC[C@@H](C)C2. The smallest absolute Gasteiger partial charge is 0.341 e. The van der Waals surface area contributed by atoms with Gasteiger partial charge in [-0.15, -0.1) is 11.3 Å². The number of thiophene rings is 1. The summed E-state index contributed by atoms with van der Waals surface area (Å²) >= 11 is 1.46. The molecule has 1 N–H and O–H groups in total. The first-order valence-electron chi connectivity index (χ1n) is 8.74. The van der Waals surface area contributed by atoms with Crippen molar-refractivity contribution in [2.45, 2.75) is 26.2 Å². The minimum atomic E-state index is -0.412. The minimum absolute atomic E-state index is 0.312. The van der Waals surface area contributed by atoms with Crippen molar-refractivity contribution in [3.8, 4) is 11.5 Å². The van der Waals surface area contributed by atoms with E-state index in [2.05, 4.69) is 12.2 Å². The van der Waals surface area contributed by atoms with Crippen LogP contribution in [0.3, 0.4) is 0 Å². The Hall–Kier alpha value is -2.54. The van der Waals surface area contributed by atoms with Crippen LogP contribution >= 0.6 is 11.3 Å². The molecule has 1 amide bonds. The Morgan fingerprint density at radius 2 is 1.89 bits per heavy atom. The summed E-state index contributed by atoms with van der Waals surface area (Å²) in [7, 11) is 4.42. The van der Waals surface area contributed by atoms with E-state index in [1.165, 1.54) is 32.7 Å². The van der Waals surface area contributed by atoms with Crippen LogP contribution in [0.5, 0.6) is 11.5 Å². The van der Waals surface area contributed by atoms with E-state index in [1.807, 2.05) is 0 Å². The number of carbonyl (C=O) groups excluding carboxylic acids is 2. The molecule has 6 nitrogen and oxygen atoms in total. The number of ether oxygens (including phenoxy) is 3. The van der Waals surface area contributed by atoms with E-state index in [-0.39, 0.29) is 5.91 Å². The van der Waals surface area contributed by atoms with Crippen LogP contribution in [-0.4, -0.2) is 33.2 Å². The lowest BCUT2D eigenvalue weighted by molar-refractivity contribution is 0.0601. The summed E-state index contributed by atoms with van der Waals surface area (Å²) in [6.45, 7) is 2.20. The lowest BCUT2D eigenvalue weighted by Crippen LogP contribution is -2.16. The molecule has 0 spiro atoms. The van der Waals surface area contributed by atoms with Gasteiger partial charge in [0, 0.05) is 10.4 Å². The summed E-state index contributed by atoms with van der Waals surface area (Å²) in [5.41, 5.74) is 1.91. The van der Waals surface area contributed by atoms with Gasteiger partial charge in [0.2, 0.25) is 0 Å². The first-order valence-corrected chi connectivity index (χ1v) is 9.56. The third kappa shape index (κ3) is 3.78. The fraction of sp³-hybridized carbons (Fsp3) is 0.400. The van der Waals surface area contributed by atoms with Gasteiger partial charge in [0.05, 0.1) is 26.9 Å². The van der Waals surface area contributed by atoms with E-state index in [9.17, 15) is 9.59 Å². The second-order valence-corrected chi connectivity index (χ2v) is 7.68. The third-order valence-corrected chi connectivity index (χ3v) is 5.94. The van der Waals surface area contributed by atoms with E-state index >= 15 is 0 Å². The van der Waals surface area contributed by atoms with E-state index < -0.39 is 5.97 Å². The number of fused-ring (bicyclic) bond motifs is 1. The number of anilines is 1. The second-order valence-electron chi connectivity index (χ2n) is 6.57. The number of amides is 1. The predicted octanol–water partition coefficient (Wildman–Crippen LogP) is 3.93. The zero-order chi connectivity index (χ0) is 19.6. The van der Waals surface area contributed by atoms with Gasteiger partial charge in [0.25, 0.3) is 5.91 Å². The van der Waals surface area contributed by atoms with Crippen molar-refractivity contribution in [3.63, 3.8) is 0 Å². The van der Waals surface area contributed by atoms with Gasteiger partial charge in [0.15, 0.2) is 11.5 Å². The van der Waals surface area contributed by atoms with Gasteiger partial charge in [0.1, 0.15) is 5.00 Å². The summed E-state index contributed by atoms with van der Waals surface area (Å²) in [5, 5.41) is 3.43. The number of benzene rings is 1. The number of hydrogen-bond acceptors (Lipinski definition) is 6. The Morgan fingerprint density at radius 3 is 2.56 bits per heavy atom. The number of nitrogens with one attached hydrogen (secondary N) is 1. The fourth-order valence-corrected chi connectivity index (χ4v) is 4.70. The van der Waals surface area contributed by atoms with Gasteiger partial charge in [-0.2, -0.15) is 0 Å². The summed E-state index contributed by atoms with van der Waals surface area (Å²) in [6.07, 6.45) is 2.76. The van der Waals surface area contributed by atoms with Crippen LogP contribution in [0, 0.1) is 5.92 Å². The highest BCUT2D eigenvalue weighted by Gasteiger charge is 2.29. The van der Waals surface area contributed by atoms with Crippen LogP contribution in [0.4, 0.5) is 5.00 Å². The number of rotatable bonds is 5. The van der Waals surface area contributed by atoms with Crippen LogP contribution in [-0.2, 0) is 17.6 Å². The molecular weight excluding hydrogens is 366 g/mol. The van der Waals surface area contributed by atoms with E-state index in [0.717, 1.165) is 29.7 Å². The molecule has 0 fully saturated rings. The van der Waals surface area contributed by atoms with Crippen molar-refractivity contribution in [1.82, 2.24) is 0 Å². The zero-order valence-electron chi connectivity index (χ0n) is 15.9. The van der Waals surface area contributed by atoms with Crippen molar-refractivity contribution in [1.29, 1.82) is 0 Å². The molecule has 1 atom stereocenters. The summed E-state index contributed by atoms with van der Waals surface area (Å²) < 4.78 is 15.4. The average Bonchev–Trinajstić information content (AvgIpc) is 3.03. The van der Waals surface area contributed by atoms with E-state index in [0.29, 0.717) is 33.5 Å². The van der Waals surface area contributed by atoms with Crippen molar-refractivity contribution >= 4 is 28.2 Å². The average molecular weight is 389 g/mol. The Bertz CT molecular complexity index is 873. The molecule has 0 bridgehead atoms. The lowest BCUT2D eigenvalue weighted by Gasteiger charge is -2.18. The summed E-state index contributed by atoms with van der Waals surface area (Å²) in [6, 6.07) is 4.95. The van der Waals surface area contributed by atoms with Crippen LogP contribution in [0.2, 0.25) is 0 Å². The number of methoxy groups -OCH3 is 3. The van der Waals surface area contributed by atoms with Gasteiger partial charge in [-0.3, -0.25) is 4.79 Å². The molecule has 2 aromatic rings. The predicted molar refractivity (Wildman–Crippen MR) is 104 cm³/mol. The van der Waals surface area contributed by atoms with Gasteiger partial charge in [-0.1, -0.05) is 6.92 Å². The molecule has 3 rings (SSSR count). The molecule has 1 aromatic carbocycles. The van der Waals surface area contributed by atoms with E-state index in [1.54, 1.807) is 18.2 Å². The van der Waals surface area contributed by atoms with Crippen LogP contribution in [0.1, 0.15) is 44.5 Å². The second kappa shape index (κ2) is 8.00. The van der Waals surface area contributed by atoms with E-state index in [4.69, 9.17) is 14.2 Å². The maximum atomic E-state index is 12.8. The normalized spacial score (nSPS) is 15.6. The van der Waals surface area contributed by atoms with Crippen molar-refractivity contribution in [2.75, 3.05) is 26.6 Å². The summed E-state index contributed by atoms with van der Waals surface area (Å²) in [5.74, 6) is 0.857. The molecule has 0 aliphatic heterocycles. The van der Waals surface area contributed by atoms with Crippen LogP contribution in [0.25, 0.3) is 0 Å². The Morgan fingerprint density at radius 1 is 1.15 bits per heavy atom. The van der Waals surface area contributed by atoms with Gasteiger partial charge >= 0.3 is 5.97 Å². The van der Waals surface area contributed by atoms with Gasteiger partial charge < -0.3 is 19.5 Å². The molecule has 1 aliphatic carbocycles. The van der Waals surface area contributed by atoms with Crippen molar-refractivity contribution in [2.24, 2.45) is 5.92 Å². The first-order chi connectivity index (χ1) is 13.0. The molecule has 27 heavy (non-hydrogen) atoms. The first kappa shape index (κ1) is 19.2. The lowest BCUT2D eigenvalue weighted by atomic mass is 9.88. The number of esters is 1. The zero-order valence-corrected chi connectivity index (χ0v) is 16.7. The topological polar surface area (TPSA) is 73.9 Å². The monoisotopic (exact) mass is 389 g/mol. The molecule has 0 radical (unpaired) electrons. The maximum Gasteiger partial charge on any atom is 0.341 e. The Kier molecular flexibility index (Phi) is 5.70. The molecule has 1 heterocycles. The summed E-state index contributed by atoms with van der Waals surface area (Å²) in [4.78, 5) is 26.3. The molecule has 144 valence electrons. The standard InChI is InChI=1S/C20H23NO5S/c1-11-5-7-13-16(9-11)27-19(17(13)20(23)26-4)21-18(22)12-6-8-14(24-2)15(10-12)25-3/h6,8,10-11H,5,7,9H2,1-4H3,(H,21,22)/t11-/m1/s1. The molecule has 7 heteroatoms. The largest absolute Gasteiger partial charge is 0.493 e. The molecule has 1 aromatic heterocycles. The molecule has 0 saturated heterocycles. The van der Waals surface area contributed by atoms with Gasteiger partial charge in [-0.05, 0) is 48.9 Å². The third-order valence-electron chi connectivity index (χ3n) is 4.77. The van der Waals surface area contributed by atoms with Gasteiger partial charge in [-0.25, -0.2) is 4.79 Å². The highest BCUT2D eigenvalue weighted by atomic mass is 32.1. The minimum Gasteiger partial charge on any atom is -0.493 e. The Balaban J connectivity index is 1.93. The highest BCUT2D eigenvalue weighted by molar-refractivity contribution is 7.17. The van der Waals surface area contributed by atoms with Crippen molar-refractivity contribution in [3.05, 3.63) is 39.8 Å². The number of carbonyl (C=O) groups is 2. The number of hydrogen-bond donors (Lipinski definition) is 1. The Labute approximate surface area is 162 Å². The maximum absolute atomic E-state index is 12.8. The quantitative estimate of drug-likeness (QED) is 0.785. The highest BCUT2D eigenvalue weighted by Crippen LogP contribution is 2.40. The molecule has 1 aliphatic rings.